The van der Waals surface area contributed by atoms with E-state index in [1.807, 2.05) is 0 Å². The summed E-state index contributed by atoms with van der Waals surface area (Å²) in [5, 5.41) is 0. The molecule has 0 aliphatic heterocycles. The first-order chi connectivity index (χ1) is 6.52. The molecule has 0 aromatic carbocycles. The van der Waals surface area contributed by atoms with Crippen LogP contribution in [0.25, 0.3) is 0 Å². The van der Waals surface area contributed by atoms with Crippen LogP contribution in [0.3, 0.4) is 0 Å². The van der Waals surface area contributed by atoms with E-state index < -0.39 is 0 Å². The first-order valence-corrected chi connectivity index (χ1v) is 5.35. The Morgan fingerprint density at radius 2 is 1.86 bits per heavy atom. The highest BCUT2D eigenvalue weighted by Crippen LogP contribution is 2.36. The molecule has 1 saturated carbocycles. The molecule has 0 N–H and O–H groups in total. The maximum atomic E-state index is 11.2. The molecule has 0 spiro atoms. The van der Waals surface area contributed by atoms with Gasteiger partial charge in [0.05, 0.1) is 6.61 Å². The van der Waals surface area contributed by atoms with Gasteiger partial charge in [0.25, 0.3) is 0 Å². The van der Waals surface area contributed by atoms with Crippen LogP contribution >= 0.6 is 0 Å². The number of ether oxygens (including phenoxy) is 1. The standard InChI is InChI=1S/C12H20O2/c1-8(2)12(13)14-7-11-9(3)5-6-10(11)4/h9-11H,1,5-7H2,2-4H3. The van der Waals surface area contributed by atoms with Crippen molar-refractivity contribution in [3.8, 4) is 0 Å². The third-order valence-electron chi connectivity index (χ3n) is 3.29. The van der Waals surface area contributed by atoms with E-state index in [0.29, 0.717) is 29.9 Å². The fourth-order valence-corrected chi connectivity index (χ4v) is 2.14. The summed E-state index contributed by atoms with van der Waals surface area (Å²) >= 11 is 0. The predicted octanol–water partition coefficient (Wildman–Crippen LogP) is 2.79. The predicted molar refractivity (Wildman–Crippen MR) is 56.8 cm³/mol. The van der Waals surface area contributed by atoms with Gasteiger partial charge in [-0.3, -0.25) is 0 Å². The number of esters is 1. The average Bonchev–Trinajstić information content (AvgIpc) is 2.43. The zero-order chi connectivity index (χ0) is 10.7. The molecule has 1 aliphatic carbocycles. The lowest BCUT2D eigenvalue weighted by molar-refractivity contribution is -0.141. The molecule has 0 radical (unpaired) electrons. The van der Waals surface area contributed by atoms with E-state index in [9.17, 15) is 4.79 Å². The highest BCUT2D eigenvalue weighted by atomic mass is 16.5. The highest BCUT2D eigenvalue weighted by molar-refractivity contribution is 5.86. The maximum absolute atomic E-state index is 11.2. The molecule has 1 rings (SSSR count). The molecule has 2 nitrogen and oxygen atoms in total. The molecule has 0 aromatic heterocycles. The van der Waals surface area contributed by atoms with Gasteiger partial charge in [0.1, 0.15) is 0 Å². The first kappa shape index (κ1) is 11.3. The van der Waals surface area contributed by atoms with Crippen LogP contribution in [-0.4, -0.2) is 12.6 Å². The fraction of sp³-hybridized carbons (Fsp3) is 0.750. The molecule has 1 aliphatic rings. The third kappa shape index (κ3) is 2.60. The maximum Gasteiger partial charge on any atom is 0.333 e. The Balaban J connectivity index is 2.37. The number of hydrogen-bond acceptors (Lipinski definition) is 2. The largest absolute Gasteiger partial charge is 0.462 e. The molecule has 14 heavy (non-hydrogen) atoms. The van der Waals surface area contributed by atoms with E-state index in [2.05, 4.69) is 20.4 Å². The van der Waals surface area contributed by atoms with Crippen LogP contribution in [0.5, 0.6) is 0 Å². The minimum Gasteiger partial charge on any atom is -0.462 e. The Bertz CT molecular complexity index is 222. The van der Waals surface area contributed by atoms with Crippen LogP contribution in [0, 0.1) is 17.8 Å². The lowest BCUT2D eigenvalue weighted by atomic mass is 9.93. The molecule has 1 fully saturated rings. The number of carbonyl (C=O) groups is 1. The van der Waals surface area contributed by atoms with Gasteiger partial charge in [-0.2, -0.15) is 0 Å². The third-order valence-corrected chi connectivity index (χ3v) is 3.29. The van der Waals surface area contributed by atoms with Gasteiger partial charge in [-0.05, 0) is 24.7 Å². The van der Waals surface area contributed by atoms with Gasteiger partial charge in [-0.15, -0.1) is 0 Å². The molecule has 2 heteroatoms. The number of rotatable bonds is 3. The van der Waals surface area contributed by atoms with Gasteiger partial charge in [0.2, 0.25) is 0 Å². The van der Waals surface area contributed by atoms with Gasteiger partial charge < -0.3 is 4.74 Å². The molecule has 0 aromatic rings. The van der Waals surface area contributed by atoms with Crippen LogP contribution in [0.1, 0.15) is 33.6 Å². The van der Waals surface area contributed by atoms with Gasteiger partial charge in [-0.1, -0.05) is 33.3 Å². The van der Waals surface area contributed by atoms with Crippen molar-refractivity contribution in [1.29, 1.82) is 0 Å². The Kier molecular flexibility index (Phi) is 3.73. The summed E-state index contributed by atoms with van der Waals surface area (Å²) in [4.78, 5) is 11.2. The second-order valence-electron chi connectivity index (χ2n) is 4.57. The lowest BCUT2D eigenvalue weighted by Gasteiger charge is -2.19. The highest BCUT2D eigenvalue weighted by Gasteiger charge is 2.31. The molecule has 2 unspecified atom stereocenters. The first-order valence-electron chi connectivity index (χ1n) is 5.35. The topological polar surface area (TPSA) is 26.3 Å². The molecule has 2 atom stereocenters. The molecule has 0 amide bonds. The van der Waals surface area contributed by atoms with Gasteiger partial charge in [0, 0.05) is 5.57 Å². The molecule has 0 bridgehead atoms. The minimum absolute atomic E-state index is 0.253. The SMILES string of the molecule is C=C(C)C(=O)OCC1C(C)CCC1C. The summed E-state index contributed by atoms with van der Waals surface area (Å²) in [6.45, 7) is 10.3. The summed E-state index contributed by atoms with van der Waals surface area (Å²) in [6, 6.07) is 0. The van der Waals surface area contributed by atoms with E-state index in [4.69, 9.17) is 4.74 Å². The van der Waals surface area contributed by atoms with E-state index in [1.165, 1.54) is 12.8 Å². The van der Waals surface area contributed by atoms with Crippen LogP contribution in [0.4, 0.5) is 0 Å². The van der Waals surface area contributed by atoms with Gasteiger partial charge in [0.15, 0.2) is 0 Å². The van der Waals surface area contributed by atoms with E-state index in [-0.39, 0.29) is 5.97 Å². The van der Waals surface area contributed by atoms with Crippen molar-refractivity contribution in [3.63, 3.8) is 0 Å². The summed E-state index contributed by atoms with van der Waals surface area (Å²) in [5.74, 6) is 1.65. The van der Waals surface area contributed by atoms with Crippen molar-refractivity contribution in [2.45, 2.75) is 33.6 Å². The van der Waals surface area contributed by atoms with E-state index in [0.717, 1.165) is 0 Å². The molecule has 0 saturated heterocycles. The zero-order valence-electron chi connectivity index (χ0n) is 9.38. The second-order valence-corrected chi connectivity index (χ2v) is 4.57. The van der Waals surface area contributed by atoms with Crippen LogP contribution < -0.4 is 0 Å². The Morgan fingerprint density at radius 3 is 2.29 bits per heavy atom. The number of hydrogen-bond donors (Lipinski definition) is 0. The number of carbonyl (C=O) groups excluding carboxylic acids is 1. The molecular weight excluding hydrogens is 176 g/mol. The molecule has 0 heterocycles. The smallest absolute Gasteiger partial charge is 0.333 e. The summed E-state index contributed by atoms with van der Waals surface area (Å²) < 4.78 is 5.19. The molecule has 80 valence electrons. The van der Waals surface area contributed by atoms with Gasteiger partial charge >= 0.3 is 5.97 Å². The lowest BCUT2D eigenvalue weighted by Crippen LogP contribution is -2.20. The van der Waals surface area contributed by atoms with Crippen LogP contribution in [0.2, 0.25) is 0 Å². The quantitative estimate of drug-likeness (QED) is 0.512. The summed E-state index contributed by atoms with van der Waals surface area (Å²) in [5.41, 5.74) is 0.489. The van der Waals surface area contributed by atoms with E-state index >= 15 is 0 Å². The summed E-state index contributed by atoms with van der Waals surface area (Å²) in [7, 11) is 0. The minimum atomic E-state index is -0.253. The monoisotopic (exact) mass is 196 g/mol. The van der Waals surface area contributed by atoms with Crippen molar-refractivity contribution in [3.05, 3.63) is 12.2 Å². The van der Waals surface area contributed by atoms with E-state index in [1.54, 1.807) is 6.92 Å². The average molecular weight is 196 g/mol. The van der Waals surface area contributed by atoms with Crippen LogP contribution in [0.15, 0.2) is 12.2 Å². The normalized spacial score (nSPS) is 31.5. The van der Waals surface area contributed by atoms with Crippen molar-refractivity contribution < 1.29 is 9.53 Å². The second kappa shape index (κ2) is 4.63. The molecular formula is C12H20O2. The van der Waals surface area contributed by atoms with Crippen molar-refractivity contribution in [1.82, 2.24) is 0 Å². The van der Waals surface area contributed by atoms with Crippen molar-refractivity contribution in [2.75, 3.05) is 6.61 Å². The van der Waals surface area contributed by atoms with Gasteiger partial charge in [-0.25, -0.2) is 4.79 Å². The van der Waals surface area contributed by atoms with Crippen LogP contribution in [-0.2, 0) is 9.53 Å². The van der Waals surface area contributed by atoms with Crippen molar-refractivity contribution in [2.24, 2.45) is 17.8 Å². The Morgan fingerprint density at radius 1 is 1.36 bits per heavy atom. The Hall–Kier alpha value is -0.790. The van der Waals surface area contributed by atoms with Crippen molar-refractivity contribution >= 4 is 5.97 Å². The fourth-order valence-electron chi connectivity index (χ4n) is 2.14. The zero-order valence-corrected chi connectivity index (χ0v) is 9.38. The Labute approximate surface area is 86.3 Å². The summed E-state index contributed by atoms with van der Waals surface area (Å²) in [6.07, 6.45) is 2.52.